The number of hydrogen-bond donors (Lipinski definition) is 2. The normalized spacial score (nSPS) is 10.7. The second-order valence-electron chi connectivity index (χ2n) is 6.58. The minimum absolute atomic E-state index is 0.124. The summed E-state index contributed by atoms with van der Waals surface area (Å²) in [6.07, 6.45) is 1.70. The predicted molar refractivity (Wildman–Crippen MR) is 113 cm³/mol. The third-order valence-electron chi connectivity index (χ3n) is 4.51. The molecule has 0 aliphatic carbocycles. The maximum atomic E-state index is 12.7. The molecule has 0 saturated heterocycles. The standard InChI is InChI=1S/C22H21N5O3/c1-27-19(9-11-24-27)17-13-16(7-8-20(17)29-12-10-23)25-22(28)21-14-18(26-30-21)15-5-3-2-4-6-15/h2-9,11,13-14H,10,12,23H2,1H3,(H,25,28). The zero-order valence-electron chi connectivity index (χ0n) is 16.4. The van der Waals surface area contributed by atoms with Crippen LogP contribution >= 0.6 is 0 Å². The number of carbonyl (C=O) groups is 1. The number of hydrogen-bond acceptors (Lipinski definition) is 6. The van der Waals surface area contributed by atoms with Gasteiger partial charge in [0.2, 0.25) is 5.76 Å². The highest BCUT2D eigenvalue weighted by Gasteiger charge is 2.16. The highest BCUT2D eigenvalue weighted by atomic mass is 16.5. The number of benzene rings is 2. The fourth-order valence-corrected chi connectivity index (χ4v) is 3.06. The van der Waals surface area contributed by atoms with E-state index in [0.717, 1.165) is 16.8 Å². The molecule has 1 amide bonds. The van der Waals surface area contributed by atoms with Crippen LogP contribution in [0.25, 0.3) is 22.5 Å². The summed E-state index contributed by atoms with van der Waals surface area (Å²) in [7, 11) is 1.84. The van der Waals surface area contributed by atoms with Crippen molar-refractivity contribution in [3.8, 4) is 28.3 Å². The van der Waals surface area contributed by atoms with Crippen LogP contribution in [0.15, 0.2) is 71.4 Å². The summed E-state index contributed by atoms with van der Waals surface area (Å²) in [5, 5.41) is 11.0. The lowest BCUT2D eigenvalue weighted by atomic mass is 10.1. The molecule has 0 unspecified atom stereocenters. The molecular formula is C22H21N5O3. The van der Waals surface area contributed by atoms with Crippen LogP contribution in [0, 0.1) is 0 Å². The zero-order chi connectivity index (χ0) is 20.9. The maximum Gasteiger partial charge on any atom is 0.294 e. The summed E-state index contributed by atoms with van der Waals surface area (Å²) < 4.78 is 12.7. The van der Waals surface area contributed by atoms with Gasteiger partial charge < -0.3 is 20.3 Å². The average molecular weight is 403 g/mol. The number of nitrogens with zero attached hydrogens (tertiary/aromatic N) is 3. The molecule has 0 saturated carbocycles. The highest BCUT2D eigenvalue weighted by Crippen LogP contribution is 2.32. The van der Waals surface area contributed by atoms with Gasteiger partial charge in [-0.25, -0.2) is 0 Å². The summed E-state index contributed by atoms with van der Waals surface area (Å²) in [6, 6.07) is 18.4. The van der Waals surface area contributed by atoms with Gasteiger partial charge in [-0.2, -0.15) is 5.10 Å². The van der Waals surface area contributed by atoms with E-state index in [1.807, 2.05) is 49.5 Å². The average Bonchev–Trinajstić information content (AvgIpc) is 3.43. The molecule has 2 aromatic carbocycles. The van der Waals surface area contributed by atoms with Crippen LogP contribution in [0.3, 0.4) is 0 Å². The van der Waals surface area contributed by atoms with Crippen molar-refractivity contribution in [3.63, 3.8) is 0 Å². The van der Waals surface area contributed by atoms with E-state index in [1.54, 1.807) is 29.1 Å². The molecule has 30 heavy (non-hydrogen) atoms. The first-order valence-corrected chi connectivity index (χ1v) is 9.44. The monoisotopic (exact) mass is 403 g/mol. The Balaban J connectivity index is 1.58. The molecule has 2 heterocycles. The topological polar surface area (TPSA) is 108 Å². The molecule has 0 bridgehead atoms. The molecule has 0 atom stereocenters. The molecule has 4 aromatic rings. The summed E-state index contributed by atoms with van der Waals surface area (Å²) >= 11 is 0. The first kappa shape index (κ1) is 19.4. The highest BCUT2D eigenvalue weighted by molar-refractivity contribution is 6.03. The van der Waals surface area contributed by atoms with Gasteiger partial charge in [-0.05, 0) is 24.3 Å². The number of nitrogens with two attached hydrogens (primary N) is 1. The van der Waals surface area contributed by atoms with E-state index in [0.29, 0.717) is 30.3 Å². The molecule has 0 aliphatic rings. The number of nitrogens with one attached hydrogen (secondary N) is 1. The molecule has 8 nitrogen and oxygen atoms in total. The molecule has 0 spiro atoms. The lowest BCUT2D eigenvalue weighted by molar-refractivity contribution is 0.0988. The van der Waals surface area contributed by atoms with Crippen molar-refractivity contribution < 1.29 is 14.1 Å². The van der Waals surface area contributed by atoms with Gasteiger partial charge in [-0.3, -0.25) is 9.48 Å². The Hall–Kier alpha value is -3.91. The van der Waals surface area contributed by atoms with Crippen LogP contribution in [-0.2, 0) is 7.05 Å². The number of aromatic nitrogens is 3. The van der Waals surface area contributed by atoms with Gasteiger partial charge in [-0.15, -0.1) is 0 Å². The van der Waals surface area contributed by atoms with Gasteiger partial charge in [-0.1, -0.05) is 35.5 Å². The molecule has 0 fully saturated rings. The fraction of sp³-hybridized carbons (Fsp3) is 0.136. The fourth-order valence-electron chi connectivity index (χ4n) is 3.06. The van der Waals surface area contributed by atoms with Gasteiger partial charge in [0.15, 0.2) is 0 Å². The smallest absolute Gasteiger partial charge is 0.294 e. The van der Waals surface area contributed by atoms with Crippen LogP contribution in [0.5, 0.6) is 5.75 Å². The van der Waals surface area contributed by atoms with Gasteiger partial charge in [0.25, 0.3) is 5.91 Å². The van der Waals surface area contributed by atoms with Crippen LogP contribution in [0.4, 0.5) is 5.69 Å². The zero-order valence-corrected chi connectivity index (χ0v) is 16.4. The second-order valence-corrected chi connectivity index (χ2v) is 6.58. The van der Waals surface area contributed by atoms with E-state index >= 15 is 0 Å². The minimum Gasteiger partial charge on any atom is -0.492 e. The van der Waals surface area contributed by atoms with Crippen molar-refractivity contribution in [3.05, 3.63) is 72.6 Å². The van der Waals surface area contributed by atoms with E-state index in [2.05, 4.69) is 15.6 Å². The van der Waals surface area contributed by atoms with E-state index in [1.165, 1.54) is 0 Å². The Morgan fingerprint density at radius 1 is 1.17 bits per heavy atom. The van der Waals surface area contributed by atoms with Crippen LogP contribution in [0.1, 0.15) is 10.6 Å². The van der Waals surface area contributed by atoms with Gasteiger partial charge in [0.1, 0.15) is 18.1 Å². The molecule has 0 radical (unpaired) electrons. The van der Waals surface area contributed by atoms with E-state index in [-0.39, 0.29) is 5.76 Å². The molecule has 3 N–H and O–H groups in total. The summed E-state index contributed by atoms with van der Waals surface area (Å²) in [6.45, 7) is 0.787. The van der Waals surface area contributed by atoms with Crippen molar-refractivity contribution in [2.45, 2.75) is 0 Å². The SMILES string of the molecule is Cn1nccc1-c1cc(NC(=O)c2cc(-c3ccccc3)no2)ccc1OCCN. The Bertz CT molecular complexity index is 1150. The van der Waals surface area contributed by atoms with Gasteiger partial charge in [0.05, 0.1) is 5.69 Å². The third-order valence-corrected chi connectivity index (χ3v) is 4.51. The maximum absolute atomic E-state index is 12.7. The Morgan fingerprint density at radius 3 is 2.73 bits per heavy atom. The van der Waals surface area contributed by atoms with Crippen molar-refractivity contribution >= 4 is 11.6 Å². The molecule has 0 aliphatic heterocycles. The van der Waals surface area contributed by atoms with E-state index in [4.69, 9.17) is 15.0 Å². The predicted octanol–water partition coefficient (Wildman–Crippen LogP) is 3.33. The van der Waals surface area contributed by atoms with Gasteiger partial charge in [0, 0.05) is 42.7 Å². The summed E-state index contributed by atoms with van der Waals surface area (Å²) in [4.78, 5) is 12.7. The van der Waals surface area contributed by atoms with Gasteiger partial charge >= 0.3 is 0 Å². The lowest BCUT2D eigenvalue weighted by Gasteiger charge is -2.13. The number of aryl methyl sites for hydroxylation is 1. The van der Waals surface area contributed by atoms with Crippen molar-refractivity contribution in [2.75, 3.05) is 18.5 Å². The number of anilines is 1. The molecule has 2 aromatic heterocycles. The number of ether oxygens (including phenoxy) is 1. The number of carbonyl (C=O) groups excluding carboxylic acids is 1. The lowest BCUT2D eigenvalue weighted by Crippen LogP contribution is -2.13. The molecule has 152 valence electrons. The minimum atomic E-state index is -0.392. The third kappa shape index (κ3) is 4.08. The number of amides is 1. The Morgan fingerprint density at radius 2 is 2.00 bits per heavy atom. The van der Waals surface area contributed by atoms with Crippen LogP contribution in [0.2, 0.25) is 0 Å². The number of rotatable bonds is 7. The quantitative estimate of drug-likeness (QED) is 0.490. The van der Waals surface area contributed by atoms with Crippen LogP contribution < -0.4 is 15.8 Å². The van der Waals surface area contributed by atoms with Crippen LogP contribution in [-0.4, -0.2) is 34.0 Å². The first-order chi connectivity index (χ1) is 14.7. The van der Waals surface area contributed by atoms with E-state index < -0.39 is 5.91 Å². The Kier molecular flexibility index (Phi) is 5.58. The van der Waals surface area contributed by atoms with E-state index in [9.17, 15) is 4.79 Å². The summed E-state index contributed by atoms with van der Waals surface area (Å²) in [5.74, 6) is 0.392. The van der Waals surface area contributed by atoms with Crippen molar-refractivity contribution in [1.82, 2.24) is 14.9 Å². The summed E-state index contributed by atoms with van der Waals surface area (Å²) in [5.41, 5.74) is 9.28. The first-order valence-electron chi connectivity index (χ1n) is 9.44. The Labute approximate surface area is 173 Å². The molecule has 8 heteroatoms. The second kappa shape index (κ2) is 8.62. The van der Waals surface area contributed by atoms with Crippen molar-refractivity contribution in [2.24, 2.45) is 12.8 Å². The molecular weight excluding hydrogens is 382 g/mol. The largest absolute Gasteiger partial charge is 0.492 e. The molecule has 4 rings (SSSR count). The van der Waals surface area contributed by atoms with Crippen molar-refractivity contribution in [1.29, 1.82) is 0 Å².